The molecule has 0 radical (unpaired) electrons. The van der Waals surface area contributed by atoms with Crippen LogP contribution in [0.2, 0.25) is 0 Å². The quantitative estimate of drug-likeness (QED) is 0.374. The Morgan fingerprint density at radius 3 is 2.44 bits per heavy atom. The number of ketones is 2. The Balaban J connectivity index is 1.74. The molecule has 0 aromatic heterocycles. The lowest BCUT2D eigenvalue weighted by atomic mass is 9.84. The number of benzene rings is 1. The van der Waals surface area contributed by atoms with Crippen molar-refractivity contribution < 1.29 is 38.9 Å². The molecule has 9 nitrogen and oxygen atoms in total. The highest BCUT2D eigenvalue weighted by molar-refractivity contribution is 6.09. The van der Waals surface area contributed by atoms with Crippen molar-refractivity contribution in [2.24, 2.45) is 23.7 Å². The van der Waals surface area contributed by atoms with Gasteiger partial charge >= 0.3 is 11.8 Å². The molecular formula is C36H49NO8. The first kappa shape index (κ1) is 34.7. The van der Waals surface area contributed by atoms with Crippen LogP contribution in [0.5, 0.6) is 0 Å². The Morgan fingerprint density at radius 2 is 1.73 bits per heavy atom. The second kappa shape index (κ2) is 15.4. The summed E-state index contributed by atoms with van der Waals surface area (Å²) < 4.78 is 12.2. The third-order valence-corrected chi connectivity index (χ3v) is 9.91. The number of piperidine rings is 1. The van der Waals surface area contributed by atoms with Gasteiger partial charge in [0.15, 0.2) is 0 Å². The number of aliphatic hydroxyl groups is 2. The highest BCUT2D eigenvalue weighted by atomic mass is 16.6. The number of aliphatic hydroxyl groups excluding tert-OH is 1. The third kappa shape index (κ3) is 7.99. The maximum atomic E-state index is 14.2. The molecule has 45 heavy (non-hydrogen) atoms. The maximum absolute atomic E-state index is 14.2. The van der Waals surface area contributed by atoms with Crippen LogP contribution in [0.4, 0.5) is 0 Å². The summed E-state index contributed by atoms with van der Waals surface area (Å²) in [5, 5.41) is 23.0. The molecule has 246 valence electrons. The SMILES string of the molecule is CC[C@H](Cc1ccccc1)[C@@H]1/C=C\C=C/CC(=O)[C@@H](C)[C@H](O)[C@@H](C)[C@@H]2CC[C@@H](C)C(=O)C(O)(O2)C(=O)N2CCCC[C@H]2C(=O)O1. The van der Waals surface area contributed by atoms with E-state index in [1.807, 2.05) is 37.3 Å². The predicted molar refractivity (Wildman–Crippen MR) is 169 cm³/mol. The van der Waals surface area contributed by atoms with Gasteiger partial charge in [-0.2, -0.15) is 0 Å². The second-order valence-electron chi connectivity index (χ2n) is 13.0. The van der Waals surface area contributed by atoms with Crippen molar-refractivity contribution in [3.05, 3.63) is 60.2 Å². The van der Waals surface area contributed by atoms with Crippen LogP contribution in [0.15, 0.2) is 54.6 Å². The third-order valence-electron chi connectivity index (χ3n) is 9.91. The molecular weight excluding hydrogens is 574 g/mol. The summed E-state index contributed by atoms with van der Waals surface area (Å²) in [5.74, 6) is -7.54. The summed E-state index contributed by atoms with van der Waals surface area (Å²) in [6.45, 7) is 7.17. The minimum atomic E-state index is -2.83. The lowest BCUT2D eigenvalue weighted by molar-refractivity contribution is -0.237. The van der Waals surface area contributed by atoms with Crippen molar-refractivity contribution >= 4 is 23.4 Å². The number of amides is 1. The predicted octanol–water partition coefficient (Wildman–Crippen LogP) is 4.34. The standard InChI is InChI=1S/C36H49NO8/c1-5-27(22-26-14-8-6-9-15-26)31-18-11-7-10-17-29(38)24(3)32(39)25(4)30-20-19-23(2)33(40)36(43,45-30)35(42)37-21-13-12-16-28(37)34(41)44-31/h6-11,14-15,18,23-25,27-28,30-32,39,43H,5,12-13,16-17,19-22H2,1-4H3/b10-7-,18-11-/t23-,24-,25+,27-,28+,30+,31+,32+,36?/m1/s1. The zero-order chi connectivity index (χ0) is 32.7. The smallest absolute Gasteiger partial charge is 0.329 e. The van der Waals surface area contributed by atoms with E-state index in [9.17, 15) is 29.4 Å². The first-order valence-electron chi connectivity index (χ1n) is 16.5. The number of cyclic esters (lactones) is 1. The van der Waals surface area contributed by atoms with E-state index in [1.165, 1.54) is 4.90 Å². The van der Waals surface area contributed by atoms with Crippen LogP contribution >= 0.6 is 0 Å². The molecule has 2 saturated heterocycles. The number of ether oxygens (including phenoxy) is 2. The normalized spacial score (nSPS) is 36.1. The van der Waals surface area contributed by atoms with Crippen LogP contribution in [0.1, 0.15) is 78.2 Å². The number of Topliss-reactive ketones (excluding diaryl/α,β-unsaturated/α-hetero) is 2. The van der Waals surface area contributed by atoms with E-state index < -0.39 is 65.6 Å². The Kier molecular flexibility index (Phi) is 11.9. The fraction of sp³-hybridized carbons (Fsp3) is 0.611. The van der Waals surface area contributed by atoms with Crippen molar-refractivity contribution in [2.75, 3.05) is 6.54 Å². The zero-order valence-corrected chi connectivity index (χ0v) is 27.0. The van der Waals surface area contributed by atoms with Gasteiger partial charge in [-0.25, -0.2) is 4.79 Å². The molecule has 1 aromatic carbocycles. The van der Waals surface area contributed by atoms with Gasteiger partial charge in [-0.3, -0.25) is 14.4 Å². The molecule has 1 aromatic rings. The van der Waals surface area contributed by atoms with Gasteiger partial charge in [-0.1, -0.05) is 76.3 Å². The number of nitrogens with zero attached hydrogens (tertiary/aromatic N) is 1. The number of allylic oxidation sites excluding steroid dienone is 3. The second-order valence-corrected chi connectivity index (χ2v) is 13.0. The van der Waals surface area contributed by atoms with Crippen LogP contribution in [0.25, 0.3) is 0 Å². The number of esters is 1. The molecule has 3 aliphatic rings. The Labute approximate surface area is 266 Å². The van der Waals surface area contributed by atoms with E-state index in [-0.39, 0.29) is 24.7 Å². The topological polar surface area (TPSA) is 130 Å². The highest BCUT2D eigenvalue weighted by Gasteiger charge is 2.55. The lowest BCUT2D eigenvalue weighted by Gasteiger charge is -2.40. The molecule has 9 atom stereocenters. The lowest BCUT2D eigenvalue weighted by Crippen LogP contribution is -2.62. The fourth-order valence-corrected chi connectivity index (χ4v) is 6.76. The molecule has 3 heterocycles. The molecule has 2 fully saturated rings. The van der Waals surface area contributed by atoms with Crippen LogP contribution in [-0.4, -0.2) is 75.2 Å². The number of hydrogen-bond donors (Lipinski definition) is 2. The summed E-state index contributed by atoms with van der Waals surface area (Å²) in [6.07, 6.45) is 8.08. The van der Waals surface area contributed by atoms with Gasteiger partial charge in [0, 0.05) is 36.6 Å². The zero-order valence-electron chi connectivity index (χ0n) is 27.0. The van der Waals surface area contributed by atoms with Crippen LogP contribution < -0.4 is 0 Å². The minimum Gasteiger partial charge on any atom is -0.456 e. The monoisotopic (exact) mass is 623 g/mol. The van der Waals surface area contributed by atoms with Crippen LogP contribution in [-0.2, 0) is 35.1 Å². The number of carbonyl (C=O) groups excluding carboxylic acids is 4. The van der Waals surface area contributed by atoms with E-state index in [0.29, 0.717) is 44.9 Å². The van der Waals surface area contributed by atoms with E-state index >= 15 is 0 Å². The van der Waals surface area contributed by atoms with Gasteiger partial charge in [0.25, 0.3) is 5.91 Å². The molecule has 4 rings (SSSR count). The molecule has 2 N–H and O–H groups in total. The average molecular weight is 624 g/mol. The average Bonchev–Trinajstić information content (AvgIpc) is 3.17. The summed E-state index contributed by atoms with van der Waals surface area (Å²) in [6, 6.07) is 8.93. The van der Waals surface area contributed by atoms with E-state index in [1.54, 1.807) is 45.1 Å². The molecule has 1 amide bonds. The molecule has 0 aliphatic carbocycles. The summed E-state index contributed by atoms with van der Waals surface area (Å²) in [5.41, 5.74) is 1.10. The Bertz CT molecular complexity index is 1260. The van der Waals surface area contributed by atoms with Gasteiger partial charge in [-0.05, 0) is 56.6 Å². The molecule has 2 bridgehead atoms. The largest absolute Gasteiger partial charge is 0.456 e. The van der Waals surface area contributed by atoms with Crippen LogP contribution in [0.3, 0.4) is 0 Å². The van der Waals surface area contributed by atoms with E-state index in [0.717, 1.165) is 5.56 Å². The van der Waals surface area contributed by atoms with Crippen molar-refractivity contribution in [2.45, 2.75) is 109 Å². The van der Waals surface area contributed by atoms with Crippen LogP contribution in [0, 0.1) is 23.7 Å². The molecule has 3 aliphatic heterocycles. The molecule has 0 spiro atoms. The van der Waals surface area contributed by atoms with Crippen molar-refractivity contribution in [1.82, 2.24) is 4.90 Å². The van der Waals surface area contributed by atoms with Gasteiger partial charge in [0.2, 0.25) is 5.78 Å². The number of hydrogen-bond acceptors (Lipinski definition) is 8. The first-order valence-corrected chi connectivity index (χ1v) is 16.5. The van der Waals surface area contributed by atoms with Gasteiger partial charge < -0.3 is 24.6 Å². The molecule has 0 saturated carbocycles. The molecule has 9 heteroatoms. The summed E-state index contributed by atoms with van der Waals surface area (Å²) in [7, 11) is 0. The Morgan fingerprint density at radius 1 is 1.00 bits per heavy atom. The number of rotatable bonds is 4. The Hall–Kier alpha value is -3.14. The summed E-state index contributed by atoms with van der Waals surface area (Å²) >= 11 is 0. The number of carbonyl (C=O) groups is 4. The highest BCUT2D eigenvalue weighted by Crippen LogP contribution is 2.35. The van der Waals surface area contributed by atoms with Gasteiger partial charge in [-0.15, -0.1) is 0 Å². The molecule has 1 unspecified atom stereocenters. The first-order chi connectivity index (χ1) is 21.5. The van der Waals surface area contributed by atoms with E-state index in [4.69, 9.17) is 9.47 Å². The van der Waals surface area contributed by atoms with Crippen molar-refractivity contribution in [1.29, 1.82) is 0 Å². The van der Waals surface area contributed by atoms with Gasteiger partial charge in [0.05, 0.1) is 12.2 Å². The maximum Gasteiger partial charge on any atom is 0.329 e. The van der Waals surface area contributed by atoms with E-state index in [2.05, 4.69) is 0 Å². The van der Waals surface area contributed by atoms with Gasteiger partial charge in [0.1, 0.15) is 17.9 Å². The minimum absolute atomic E-state index is 0.0739. The van der Waals surface area contributed by atoms with Crippen molar-refractivity contribution in [3.8, 4) is 0 Å². The number of fused-ring (bicyclic) bond motifs is 3. The summed E-state index contributed by atoms with van der Waals surface area (Å²) in [4.78, 5) is 55.9. The fourth-order valence-electron chi connectivity index (χ4n) is 6.76. The van der Waals surface area contributed by atoms with Crippen molar-refractivity contribution in [3.63, 3.8) is 0 Å².